The molecule has 3 fully saturated rings. The lowest BCUT2D eigenvalue weighted by molar-refractivity contribution is 0.168. The average molecular weight is 293 g/mol. The van der Waals surface area contributed by atoms with Crippen LogP contribution in [0.5, 0.6) is 0 Å². The van der Waals surface area contributed by atoms with Gasteiger partial charge in [0.15, 0.2) is 0 Å². The van der Waals surface area contributed by atoms with Gasteiger partial charge in [0, 0.05) is 25.2 Å². The maximum Gasteiger partial charge on any atom is 0.317 e. The molecule has 1 N–H and O–H groups in total. The van der Waals surface area contributed by atoms with Gasteiger partial charge in [-0.15, -0.1) is 0 Å². The fourth-order valence-corrected chi connectivity index (χ4v) is 4.53. The molecule has 0 radical (unpaired) electrons. The third-order valence-electron chi connectivity index (χ3n) is 5.94. The summed E-state index contributed by atoms with van der Waals surface area (Å²) in [6.45, 7) is 8.91. The van der Waals surface area contributed by atoms with E-state index < -0.39 is 0 Å². The molecule has 21 heavy (non-hydrogen) atoms. The molecule has 1 saturated carbocycles. The van der Waals surface area contributed by atoms with Crippen LogP contribution in [0.25, 0.3) is 0 Å². The van der Waals surface area contributed by atoms with E-state index in [1.54, 1.807) is 0 Å². The van der Waals surface area contributed by atoms with Gasteiger partial charge in [-0.3, -0.25) is 4.90 Å². The summed E-state index contributed by atoms with van der Waals surface area (Å²) in [5, 5.41) is 3.34. The zero-order valence-corrected chi connectivity index (χ0v) is 13.7. The van der Waals surface area contributed by atoms with Crippen LogP contribution in [-0.2, 0) is 0 Å². The van der Waals surface area contributed by atoms with Gasteiger partial charge < -0.3 is 10.2 Å². The predicted octanol–water partition coefficient (Wildman–Crippen LogP) is 2.69. The molecule has 2 heterocycles. The first kappa shape index (κ1) is 15.1. The van der Waals surface area contributed by atoms with Crippen molar-refractivity contribution in [2.75, 3.05) is 26.2 Å². The summed E-state index contributed by atoms with van der Waals surface area (Å²) in [6.07, 6.45) is 7.65. The number of nitrogens with zero attached hydrogens (tertiary/aromatic N) is 2. The third-order valence-corrected chi connectivity index (χ3v) is 5.94. The van der Waals surface area contributed by atoms with E-state index in [0.29, 0.717) is 23.9 Å². The molecule has 4 atom stereocenters. The molecule has 3 aliphatic rings. The Balaban J connectivity index is 1.51. The quantitative estimate of drug-likeness (QED) is 0.849. The van der Waals surface area contributed by atoms with Crippen LogP contribution < -0.4 is 5.32 Å². The van der Waals surface area contributed by atoms with E-state index in [1.807, 2.05) is 0 Å². The van der Waals surface area contributed by atoms with Crippen molar-refractivity contribution < 1.29 is 4.79 Å². The molecule has 0 aromatic rings. The maximum atomic E-state index is 12.6. The Hall–Kier alpha value is -0.770. The van der Waals surface area contributed by atoms with Crippen LogP contribution in [-0.4, -0.2) is 54.1 Å². The predicted molar refractivity (Wildman–Crippen MR) is 85.3 cm³/mol. The number of amides is 2. The van der Waals surface area contributed by atoms with Crippen LogP contribution in [0.1, 0.15) is 52.4 Å². The van der Waals surface area contributed by atoms with Crippen LogP contribution in [0.2, 0.25) is 0 Å². The monoisotopic (exact) mass is 293 g/mol. The van der Waals surface area contributed by atoms with Crippen molar-refractivity contribution in [2.45, 2.75) is 64.5 Å². The van der Waals surface area contributed by atoms with Crippen molar-refractivity contribution in [3.63, 3.8) is 0 Å². The molecule has 2 saturated heterocycles. The standard InChI is InChI=1S/C17H31N3O/c1-13-6-5-7-14(2)16(13)18-17(21)20-11-8-15(12-20)19-9-3-4-10-19/h13-16H,3-12H2,1-2H3,(H,18,21)/t13-,14+,15-,16?/m0/s1. The summed E-state index contributed by atoms with van der Waals surface area (Å²) < 4.78 is 0. The first-order valence-corrected chi connectivity index (χ1v) is 8.94. The lowest BCUT2D eigenvalue weighted by atomic mass is 9.79. The summed E-state index contributed by atoms with van der Waals surface area (Å²) in [5.74, 6) is 1.24. The van der Waals surface area contributed by atoms with Crippen molar-refractivity contribution in [1.29, 1.82) is 0 Å². The number of nitrogens with one attached hydrogen (secondary N) is 1. The number of carbonyl (C=O) groups excluding carboxylic acids is 1. The Labute approximate surface area is 129 Å². The maximum absolute atomic E-state index is 12.6. The second kappa shape index (κ2) is 6.55. The van der Waals surface area contributed by atoms with Crippen LogP contribution in [0.3, 0.4) is 0 Å². The van der Waals surface area contributed by atoms with Crippen molar-refractivity contribution in [2.24, 2.45) is 11.8 Å². The highest BCUT2D eigenvalue weighted by molar-refractivity contribution is 5.75. The minimum atomic E-state index is 0.183. The van der Waals surface area contributed by atoms with E-state index in [0.717, 1.165) is 19.5 Å². The van der Waals surface area contributed by atoms with Crippen LogP contribution >= 0.6 is 0 Å². The Bertz CT molecular complexity index is 357. The fourth-order valence-electron chi connectivity index (χ4n) is 4.53. The van der Waals surface area contributed by atoms with Gasteiger partial charge in [0.05, 0.1) is 0 Å². The van der Waals surface area contributed by atoms with E-state index in [-0.39, 0.29) is 6.03 Å². The van der Waals surface area contributed by atoms with Crippen molar-refractivity contribution in [1.82, 2.24) is 15.1 Å². The van der Waals surface area contributed by atoms with Crippen molar-refractivity contribution in [3.8, 4) is 0 Å². The second-order valence-electron chi connectivity index (χ2n) is 7.49. The molecule has 4 nitrogen and oxygen atoms in total. The Morgan fingerprint density at radius 3 is 2.29 bits per heavy atom. The van der Waals surface area contributed by atoms with Crippen LogP contribution in [0, 0.1) is 11.8 Å². The minimum Gasteiger partial charge on any atom is -0.335 e. The zero-order valence-electron chi connectivity index (χ0n) is 13.7. The molecule has 0 aromatic heterocycles. The highest BCUT2D eigenvalue weighted by Crippen LogP contribution is 2.29. The highest BCUT2D eigenvalue weighted by Gasteiger charge is 2.34. The molecule has 3 rings (SSSR count). The lowest BCUT2D eigenvalue weighted by Crippen LogP contribution is -2.51. The minimum absolute atomic E-state index is 0.183. The number of hydrogen-bond donors (Lipinski definition) is 1. The Morgan fingerprint density at radius 2 is 1.62 bits per heavy atom. The van der Waals surface area contributed by atoms with Gasteiger partial charge >= 0.3 is 6.03 Å². The van der Waals surface area contributed by atoms with E-state index >= 15 is 0 Å². The van der Waals surface area contributed by atoms with Crippen LogP contribution in [0.15, 0.2) is 0 Å². The number of rotatable bonds is 2. The van der Waals surface area contributed by atoms with Crippen LogP contribution in [0.4, 0.5) is 4.79 Å². The largest absolute Gasteiger partial charge is 0.335 e. The highest BCUT2D eigenvalue weighted by atomic mass is 16.2. The first-order valence-electron chi connectivity index (χ1n) is 8.94. The fraction of sp³-hybridized carbons (Fsp3) is 0.941. The number of urea groups is 1. The summed E-state index contributed by atoms with van der Waals surface area (Å²) in [6, 6.07) is 1.17. The Morgan fingerprint density at radius 1 is 0.952 bits per heavy atom. The van der Waals surface area contributed by atoms with Gasteiger partial charge in [-0.25, -0.2) is 4.79 Å². The summed E-state index contributed by atoms with van der Waals surface area (Å²) >= 11 is 0. The lowest BCUT2D eigenvalue weighted by Gasteiger charge is -2.36. The summed E-state index contributed by atoms with van der Waals surface area (Å²) in [4.78, 5) is 17.2. The van der Waals surface area contributed by atoms with E-state index in [2.05, 4.69) is 29.0 Å². The molecule has 0 bridgehead atoms. The smallest absolute Gasteiger partial charge is 0.317 e. The van der Waals surface area contributed by atoms with Gasteiger partial charge in [-0.2, -0.15) is 0 Å². The molecular formula is C17H31N3O. The van der Waals surface area contributed by atoms with Crippen molar-refractivity contribution in [3.05, 3.63) is 0 Å². The molecular weight excluding hydrogens is 262 g/mol. The molecule has 2 aliphatic heterocycles. The van der Waals surface area contributed by atoms with E-state index in [9.17, 15) is 4.79 Å². The van der Waals surface area contributed by atoms with Gasteiger partial charge in [0.25, 0.3) is 0 Å². The average Bonchev–Trinajstić information content (AvgIpc) is 3.12. The SMILES string of the molecule is C[C@@H]1CCC[C@H](C)C1NC(=O)N1CC[C@H](N2CCCC2)C1. The second-order valence-corrected chi connectivity index (χ2v) is 7.49. The molecule has 120 valence electrons. The summed E-state index contributed by atoms with van der Waals surface area (Å²) in [5.41, 5.74) is 0. The van der Waals surface area contributed by atoms with Gasteiger partial charge in [-0.1, -0.05) is 20.3 Å². The molecule has 0 aromatic carbocycles. The van der Waals surface area contributed by atoms with Gasteiger partial charge in [0.1, 0.15) is 0 Å². The van der Waals surface area contributed by atoms with Crippen molar-refractivity contribution >= 4 is 6.03 Å². The van der Waals surface area contributed by atoms with E-state index in [1.165, 1.54) is 45.2 Å². The van der Waals surface area contributed by atoms with Gasteiger partial charge in [0.2, 0.25) is 0 Å². The first-order chi connectivity index (χ1) is 10.1. The molecule has 0 spiro atoms. The number of likely N-dealkylation sites (tertiary alicyclic amines) is 2. The van der Waals surface area contributed by atoms with E-state index in [4.69, 9.17) is 0 Å². The number of carbonyl (C=O) groups is 1. The molecule has 1 aliphatic carbocycles. The third kappa shape index (κ3) is 3.36. The van der Waals surface area contributed by atoms with Gasteiger partial charge in [-0.05, 0) is 57.0 Å². The molecule has 1 unspecified atom stereocenters. The molecule has 4 heteroatoms. The summed E-state index contributed by atoms with van der Waals surface area (Å²) in [7, 11) is 0. The number of hydrogen-bond acceptors (Lipinski definition) is 2. The zero-order chi connectivity index (χ0) is 14.8. The Kier molecular flexibility index (Phi) is 4.72. The topological polar surface area (TPSA) is 35.6 Å². The molecule has 2 amide bonds. The normalized spacial score (nSPS) is 37.9.